The van der Waals surface area contributed by atoms with E-state index in [1.54, 1.807) is 6.08 Å². The van der Waals surface area contributed by atoms with Crippen LogP contribution in [0.25, 0.3) is 0 Å². The molecule has 5 atom stereocenters. The summed E-state index contributed by atoms with van der Waals surface area (Å²) in [4.78, 5) is 12.0. The molecular weight excluding hydrogens is 442 g/mol. The summed E-state index contributed by atoms with van der Waals surface area (Å²) in [5.74, 6) is 2.35. The van der Waals surface area contributed by atoms with Crippen LogP contribution in [-0.4, -0.2) is 17.0 Å². The summed E-state index contributed by atoms with van der Waals surface area (Å²) >= 11 is 0. The number of aliphatic hydroxyl groups excluding tert-OH is 1. The van der Waals surface area contributed by atoms with Crippen LogP contribution in [0, 0.1) is 47.1 Å². The van der Waals surface area contributed by atoms with Gasteiger partial charge in [0.25, 0.3) is 0 Å². The van der Waals surface area contributed by atoms with E-state index < -0.39 is 17.7 Å². The van der Waals surface area contributed by atoms with Crippen LogP contribution in [0.4, 0.5) is 8.78 Å². The third-order valence-corrected chi connectivity index (χ3v) is 8.91. The lowest BCUT2D eigenvalue weighted by atomic mass is 9.53. The predicted octanol–water partition coefficient (Wildman–Crippen LogP) is 7.06. The van der Waals surface area contributed by atoms with Crippen molar-refractivity contribution in [1.29, 1.82) is 0 Å². The summed E-state index contributed by atoms with van der Waals surface area (Å²) in [6.45, 7) is 7.99. The van der Waals surface area contributed by atoms with Gasteiger partial charge in [-0.25, -0.2) is 8.78 Å². The van der Waals surface area contributed by atoms with E-state index in [-0.39, 0.29) is 28.6 Å². The van der Waals surface area contributed by atoms with Crippen LogP contribution in [0.15, 0.2) is 34.9 Å². The topological polar surface area (TPSA) is 37.3 Å². The van der Waals surface area contributed by atoms with Gasteiger partial charge in [-0.15, -0.1) is 12.3 Å². The van der Waals surface area contributed by atoms with Crippen LogP contribution < -0.4 is 0 Å². The van der Waals surface area contributed by atoms with Gasteiger partial charge in [0.05, 0.1) is 6.10 Å². The molecule has 0 aliphatic heterocycles. The van der Waals surface area contributed by atoms with Gasteiger partial charge in [-0.3, -0.25) is 4.79 Å². The van der Waals surface area contributed by atoms with E-state index in [0.717, 1.165) is 31.3 Å². The molecule has 0 amide bonds. The van der Waals surface area contributed by atoms with Crippen molar-refractivity contribution >= 4 is 5.78 Å². The van der Waals surface area contributed by atoms with Crippen LogP contribution >= 0.6 is 0 Å². The van der Waals surface area contributed by atoms with Gasteiger partial charge in [0.2, 0.25) is 0 Å². The van der Waals surface area contributed by atoms with E-state index in [1.807, 2.05) is 20.8 Å². The zero-order valence-corrected chi connectivity index (χ0v) is 21.5. The molecule has 1 aromatic carbocycles. The number of ketones is 1. The fourth-order valence-electron chi connectivity index (χ4n) is 7.07. The fraction of sp³-hybridized carbons (Fsp3) is 0.581. The molecule has 5 rings (SSSR count). The van der Waals surface area contributed by atoms with E-state index in [2.05, 4.69) is 12.8 Å². The second-order valence-corrected chi connectivity index (χ2v) is 11.3. The Labute approximate surface area is 208 Å². The molecule has 4 heteroatoms. The molecule has 0 spiro atoms. The molecule has 0 aromatic heterocycles. The van der Waals surface area contributed by atoms with E-state index in [0.29, 0.717) is 43.1 Å². The van der Waals surface area contributed by atoms with Gasteiger partial charge in [-0.2, -0.15) is 0 Å². The average Bonchev–Trinajstić information content (AvgIpc) is 3.12. The SMILES string of the molecule is C#CC(C)C.CCc1cc(F)c(C2CC3(C)C(O)CCC3C3CCC4=CC(=O)CCC4=C23)c(F)c1. The van der Waals surface area contributed by atoms with E-state index in [4.69, 9.17) is 6.42 Å². The first-order chi connectivity index (χ1) is 16.6. The Morgan fingerprint density at radius 3 is 2.40 bits per heavy atom. The molecule has 5 unspecified atom stereocenters. The fourth-order valence-corrected chi connectivity index (χ4v) is 7.07. The molecule has 1 aromatic rings. The minimum Gasteiger partial charge on any atom is -0.393 e. The summed E-state index contributed by atoms with van der Waals surface area (Å²) < 4.78 is 30.6. The van der Waals surface area contributed by atoms with Crippen molar-refractivity contribution in [2.24, 2.45) is 23.2 Å². The lowest BCUT2D eigenvalue weighted by Crippen LogP contribution is -2.45. The largest absolute Gasteiger partial charge is 0.393 e. The minimum absolute atomic E-state index is 0.158. The number of allylic oxidation sites excluding steroid dienone is 4. The highest BCUT2D eigenvalue weighted by Gasteiger charge is 2.56. The Balaban J connectivity index is 0.000000527. The Morgan fingerprint density at radius 1 is 1.14 bits per heavy atom. The Kier molecular flexibility index (Phi) is 7.39. The van der Waals surface area contributed by atoms with Gasteiger partial charge in [0.15, 0.2) is 5.78 Å². The first-order valence-electron chi connectivity index (χ1n) is 13.2. The molecule has 2 saturated carbocycles. The number of fused-ring (bicyclic) bond motifs is 4. The summed E-state index contributed by atoms with van der Waals surface area (Å²) in [5.41, 5.74) is 3.92. The smallest absolute Gasteiger partial charge is 0.156 e. The quantitative estimate of drug-likeness (QED) is 0.460. The number of benzene rings is 1. The highest BCUT2D eigenvalue weighted by molar-refractivity contribution is 5.93. The number of rotatable bonds is 2. The van der Waals surface area contributed by atoms with Gasteiger partial charge in [0, 0.05) is 23.8 Å². The van der Waals surface area contributed by atoms with Gasteiger partial charge in [-0.1, -0.05) is 33.3 Å². The molecular formula is C31H38F2O2. The van der Waals surface area contributed by atoms with Crippen molar-refractivity contribution in [3.8, 4) is 12.3 Å². The van der Waals surface area contributed by atoms with Crippen LogP contribution in [0.3, 0.4) is 0 Å². The van der Waals surface area contributed by atoms with E-state index >= 15 is 8.78 Å². The predicted molar refractivity (Wildman–Crippen MR) is 136 cm³/mol. The molecule has 2 nitrogen and oxygen atoms in total. The minimum atomic E-state index is -0.471. The number of hydrogen-bond acceptors (Lipinski definition) is 2. The monoisotopic (exact) mass is 480 g/mol. The van der Waals surface area contributed by atoms with Gasteiger partial charge >= 0.3 is 0 Å². The maximum atomic E-state index is 15.3. The van der Waals surface area contributed by atoms with Crippen LogP contribution in [0.5, 0.6) is 0 Å². The lowest BCUT2D eigenvalue weighted by molar-refractivity contribution is -0.114. The van der Waals surface area contributed by atoms with Crippen molar-refractivity contribution in [3.63, 3.8) is 0 Å². The van der Waals surface area contributed by atoms with Crippen molar-refractivity contribution in [2.75, 3.05) is 0 Å². The zero-order chi connectivity index (χ0) is 25.5. The normalized spacial score (nSPS) is 31.6. The van der Waals surface area contributed by atoms with Gasteiger partial charge in [-0.05, 0) is 97.1 Å². The zero-order valence-electron chi connectivity index (χ0n) is 21.5. The third-order valence-electron chi connectivity index (χ3n) is 8.91. The number of carbonyl (C=O) groups excluding carboxylic acids is 1. The molecule has 1 N–H and O–H groups in total. The number of aliphatic hydroxyl groups is 1. The Morgan fingerprint density at radius 2 is 1.80 bits per heavy atom. The number of terminal acetylenes is 1. The van der Waals surface area contributed by atoms with Gasteiger partial charge < -0.3 is 5.11 Å². The van der Waals surface area contributed by atoms with E-state index in [9.17, 15) is 9.90 Å². The standard InChI is InChI=1S/C26H30F2O2.C5H8/c1-3-14-10-21(27)25(22(28)11-14)19-13-26(2)20(8-9-23(26)30)18-6-4-15-12-16(29)5-7-17(15)24(18)19;1-4-5(2)3/h10-12,18-20,23,30H,3-9,13H2,1-2H3;1,5H,2-3H3. The first-order valence-corrected chi connectivity index (χ1v) is 13.2. The average molecular weight is 481 g/mol. The molecule has 35 heavy (non-hydrogen) atoms. The summed E-state index contributed by atoms with van der Waals surface area (Å²) in [7, 11) is 0. The van der Waals surface area contributed by atoms with Crippen molar-refractivity contribution in [1.82, 2.24) is 0 Å². The van der Waals surface area contributed by atoms with Gasteiger partial charge in [0.1, 0.15) is 11.6 Å². The first kappa shape index (κ1) is 25.8. The van der Waals surface area contributed by atoms with Crippen molar-refractivity contribution in [3.05, 3.63) is 57.7 Å². The Hall–Kier alpha value is -2.25. The van der Waals surface area contributed by atoms with Crippen LogP contribution in [-0.2, 0) is 11.2 Å². The van der Waals surface area contributed by atoms with Crippen LogP contribution in [0.2, 0.25) is 0 Å². The number of halogens is 2. The molecule has 0 radical (unpaired) electrons. The molecule has 0 heterocycles. The lowest BCUT2D eigenvalue weighted by Gasteiger charge is -2.52. The second kappa shape index (κ2) is 10.0. The van der Waals surface area contributed by atoms with Crippen molar-refractivity contribution in [2.45, 2.75) is 91.1 Å². The molecule has 4 aliphatic carbocycles. The second-order valence-electron chi connectivity index (χ2n) is 11.3. The maximum Gasteiger partial charge on any atom is 0.156 e. The molecule has 2 fully saturated rings. The molecule has 0 bridgehead atoms. The van der Waals surface area contributed by atoms with Crippen LogP contribution in [0.1, 0.15) is 89.7 Å². The number of carbonyl (C=O) groups is 1. The Bertz CT molecular complexity index is 1080. The summed E-state index contributed by atoms with van der Waals surface area (Å²) in [6, 6.07) is 2.95. The molecule has 0 saturated heterocycles. The molecule has 188 valence electrons. The highest BCUT2D eigenvalue weighted by Crippen LogP contribution is 2.64. The third kappa shape index (κ3) is 4.65. The van der Waals surface area contributed by atoms with E-state index in [1.165, 1.54) is 23.3 Å². The molecule has 4 aliphatic rings. The number of aryl methyl sites for hydroxylation is 1. The number of hydrogen-bond donors (Lipinski definition) is 1. The maximum absolute atomic E-state index is 15.3. The summed E-state index contributed by atoms with van der Waals surface area (Å²) in [6.07, 6.45) is 12.0. The highest BCUT2D eigenvalue weighted by atomic mass is 19.1. The summed E-state index contributed by atoms with van der Waals surface area (Å²) in [5, 5.41) is 10.9. The van der Waals surface area contributed by atoms with Crippen molar-refractivity contribution < 1.29 is 18.7 Å².